The Morgan fingerprint density at radius 2 is 1.79 bits per heavy atom. The van der Waals surface area contributed by atoms with Crippen LogP contribution in [-0.4, -0.2) is 4.92 Å². The summed E-state index contributed by atoms with van der Waals surface area (Å²) in [6, 6.07) is 10.8. The lowest BCUT2D eigenvalue weighted by atomic mass is 10.2. The fourth-order valence-electron chi connectivity index (χ4n) is 1.50. The number of hydrogen-bond donors (Lipinski definition) is 0. The lowest BCUT2D eigenvalue weighted by Crippen LogP contribution is -1.95. The van der Waals surface area contributed by atoms with Crippen LogP contribution in [-0.2, 0) is 5.75 Å². The van der Waals surface area contributed by atoms with E-state index in [9.17, 15) is 18.9 Å². The van der Waals surface area contributed by atoms with Crippen LogP contribution in [0.2, 0.25) is 0 Å². The van der Waals surface area contributed by atoms with E-state index in [1.807, 2.05) is 30.3 Å². The van der Waals surface area contributed by atoms with Gasteiger partial charge in [-0.25, -0.2) is 4.39 Å². The molecule has 0 saturated heterocycles. The first-order valence-corrected chi connectivity index (χ1v) is 6.36. The Balaban J connectivity index is 2.17. The fraction of sp³-hybridized carbons (Fsp3) is 0.0769. The summed E-state index contributed by atoms with van der Waals surface area (Å²) in [5, 5.41) is 10.5. The second-order valence-corrected chi connectivity index (χ2v) is 4.78. The first-order chi connectivity index (χ1) is 9.08. The van der Waals surface area contributed by atoms with Crippen molar-refractivity contribution in [3.63, 3.8) is 0 Å². The maximum atomic E-state index is 13.6. The van der Waals surface area contributed by atoms with Gasteiger partial charge in [-0.1, -0.05) is 30.3 Å². The van der Waals surface area contributed by atoms with Crippen LogP contribution in [0.1, 0.15) is 5.56 Å². The lowest BCUT2D eigenvalue weighted by Gasteiger charge is -2.04. The van der Waals surface area contributed by atoms with E-state index >= 15 is 0 Å². The largest absolute Gasteiger partial charge is 0.307 e. The van der Waals surface area contributed by atoms with E-state index < -0.39 is 22.2 Å². The second kappa shape index (κ2) is 5.79. The van der Waals surface area contributed by atoms with Crippen molar-refractivity contribution in [1.29, 1.82) is 0 Å². The summed E-state index contributed by atoms with van der Waals surface area (Å²) in [5.41, 5.74) is 0.118. The molecule has 0 amide bonds. The molecule has 0 aliphatic heterocycles. The van der Waals surface area contributed by atoms with Crippen molar-refractivity contribution in [2.75, 3.05) is 0 Å². The SMILES string of the molecule is O=[N+]([O-])c1cc(F)c(SCc2ccccc2)cc1F. The molecule has 2 aromatic rings. The summed E-state index contributed by atoms with van der Waals surface area (Å²) in [5.74, 6) is -1.34. The number of thioether (sulfide) groups is 1. The highest BCUT2D eigenvalue weighted by atomic mass is 32.2. The summed E-state index contributed by atoms with van der Waals surface area (Å²) in [7, 11) is 0. The van der Waals surface area contributed by atoms with Crippen LogP contribution >= 0.6 is 11.8 Å². The monoisotopic (exact) mass is 281 g/mol. The molecule has 98 valence electrons. The lowest BCUT2D eigenvalue weighted by molar-refractivity contribution is -0.387. The van der Waals surface area contributed by atoms with E-state index in [0.29, 0.717) is 11.8 Å². The van der Waals surface area contributed by atoms with E-state index in [1.165, 1.54) is 0 Å². The minimum absolute atomic E-state index is 0.0620. The molecular formula is C13H9F2NO2S. The molecule has 2 rings (SSSR count). The van der Waals surface area contributed by atoms with Crippen molar-refractivity contribution in [2.24, 2.45) is 0 Å². The number of nitro benzene ring substituents is 1. The molecule has 0 saturated carbocycles. The van der Waals surface area contributed by atoms with Gasteiger partial charge in [0.1, 0.15) is 5.82 Å². The summed E-state index contributed by atoms with van der Waals surface area (Å²) in [6.45, 7) is 0. The number of nitrogens with zero attached hydrogens (tertiary/aromatic N) is 1. The van der Waals surface area contributed by atoms with Crippen molar-refractivity contribution >= 4 is 17.4 Å². The van der Waals surface area contributed by atoms with Crippen molar-refractivity contribution in [3.05, 3.63) is 69.8 Å². The van der Waals surface area contributed by atoms with Crippen LogP contribution in [0.15, 0.2) is 47.4 Å². The summed E-state index contributed by atoms with van der Waals surface area (Å²) >= 11 is 1.10. The van der Waals surface area contributed by atoms with E-state index in [-0.39, 0.29) is 4.90 Å². The topological polar surface area (TPSA) is 43.1 Å². The minimum atomic E-state index is -1.03. The summed E-state index contributed by atoms with van der Waals surface area (Å²) in [6.07, 6.45) is 0. The standard InChI is InChI=1S/C13H9F2NO2S/c14-10-7-13(11(15)6-12(10)16(17)18)19-8-9-4-2-1-3-5-9/h1-7H,8H2. The maximum Gasteiger partial charge on any atom is 0.307 e. The Kier molecular flexibility index (Phi) is 4.11. The molecule has 0 aliphatic carbocycles. The molecule has 0 heterocycles. The van der Waals surface area contributed by atoms with Crippen LogP contribution < -0.4 is 0 Å². The van der Waals surface area contributed by atoms with Gasteiger partial charge in [0.2, 0.25) is 5.82 Å². The average Bonchev–Trinajstić information content (AvgIpc) is 2.40. The van der Waals surface area contributed by atoms with Crippen LogP contribution in [0.25, 0.3) is 0 Å². The molecule has 3 nitrogen and oxygen atoms in total. The summed E-state index contributed by atoms with van der Waals surface area (Å²) in [4.78, 5) is 9.58. The third-order valence-corrected chi connectivity index (χ3v) is 3.54. The molecule has 0 bridgehead atoms. The Morgan fingerprint density at radius 1 is 1.11 bits per heavy atom. The van der Waals surface area contributed by atoms with Crippen LogP contribution in [0.5, 0.6) is 0 Å². The quantitative estimate of drug-likeness (QED) is 0.480. The normalized spacial score (nSPS) is 10.4. The van der Waals surface area contributed by atoms with Crippen LogP contribution in [0, 0.1) is 21.7 Å². The number of benzene rings is 2. The highest BCUT2D eigenvalue weighted by Gasteiger charge is 2.18. The van der Waals surface area contributed by atoms with Gasteiger partial charge in [-0.15, -0.1) is 11.8 Å². The third kappa shape index (κ3) is 3.29. The zero-order chi connectivity index (χ0) is 13.8. The predicted octanol–water partition coefficient (Wildman–Crippen LogP) is 4.17. The predicted molar refractivity (Wildman–Crippen MR) is 69.0 cm³/mol. The molecule has 0 atom stereocenters. The van der Waals surface area contributed by atoms with Gasteiger partial charge in [0.25, 0.3) is 0 Å². The molecule has 6 heteroatoms. The minimum Gasteiger partial charge on any atom is -0.258 e. The van der Waals surface area contributed by atoms with Crippen molar-refractivity contribution in [1.82, 2.24) is 0 Å². The molecule has 0 spiro atoms. The van der Waals surface area contributed by atoms with E-state index in [2.05, 4.69) is 0 Å². The van der Waals surface area contributed by atoms with Crippen LogP contribution in [0.4, 0.5) is 14.5 Å². The van der Waals surface area contributed by atoms with Crippen LogP contribution in [0.3, 0.4) is 0 Å². The first kappa shape index (κ1) is 13.5. The number of rotatable bonds is 4. The van der Waals surface area contributed by atoms with Crippen molar-refractivity contribution < 1.29 is 13.7 Å². The number of halogens is 2. The van der Waals surface area contributed by atoms with Gasteiger partial charge < -0.3 is 0 Å². The zero-order valence-corrected chi connectivity index (χ0v) is 10.5. The molecule has 0 N–H and O–H groups in total. The van der Waals surface area contributed by atoms with E-state index in [1.54, 1.807) is 0 Å². The van der Waals surface area contributed by atoms with Gasteiger partial charge >= 0.3 is 5.69 Å². The smallest absolute Gasteiger partial charge is 0.258 e. The average molecular weight is 281 g/mol. The van der Waals surface area contributed by atoms with Crippen molar-refractivity contribution in [3.8, 4) is 0 Å². The molecule has 0 fully saturated rings. The van der Waals surface area contributed by atoms with Gasteiger partial charge in [-0.05, 0) is 11.6 Å². The Bertz CT molecular complexity index is 605. The highest BCUT2D eigenvalue weighted by molar-refractivity contribution is 7.98. The Morgan fingerprint density at radius 3 is 2.42 bits per heavy atom. The van der Waals surface area contributed by atoms with Gasteiger partial charge in [-0.3, -0.25) is 10.1 Å². The van der Waals surface area contributed by atoms with Crippen molar-refractivity contribution in [2.45, 2.75) is 10.6 Å². The summed E-state index contributed by atoms with van der Waals surface area (Å²) < 4.78 is 27.0. The van der Waals surface area contributed by atoms with E-state index in [0.717, 1.165) is 23.4 Å². The fourth-order valence-corrected chi connectivity index (χ4v) is 2.40. The molecule has 0 aliphatic rings. The second-order valence-electron chi connectivity index (χ2n) is 3.77. The van der Waals surface area contributed by atoms with E-state index in [4.69, 9.17) is 0 Å². The number of nitro groups is 1. The zero-order valence-electron chi connectivity index (χ0n) is 9.68. The van der Waals surface area contributed by atoms with Gasteiger partial charge in [0.15, 0.2) is 0 Å². The van der Waals surface area contributed by atoms with Gasteiger partial charge in [0, 0.05) is 10.6 Å². The molecule has 2 aromatic carbocycles. The Labute approximate surface area is 112 Å². The highest BCUT2D eigenvalue weighted by Crippen LogP contribution is 2.30. The Hall–Kier alpha value is -1.95. The van der Waals surface area contributed by atoms with Gasteiger partial charge in [0.05, 0.1) is 11.0 Å². The molecular weight excluding hydrogens is 272 g/mol. The molecule has 19 heavy (non-hydrogen) atoms. The number of hydrogen-bond acceptors (Lipinski definition) is 3. The molecule has 0 aromatic heterocycles. The maximum absolute atomic E-state index is 13.6. The molecule has 0 radical (unpaired) electrons. The molecule has 0 unspecified atom stereocenters. The third-order valence-electron chi connectivity index (χ3n) is 2.44. The first-order valence-electron chi connectivity index (χ1n) is 5.38. The van der Waals surface area contributed by atoms with Gasteiger partial charge in [-0.2, -0.15) is 4.39 Å².